The van der Waals surface area contributed by atoms with Crippen molar-refractivity contribution < 1.29 is 14.7 Å². The van der Waals surface area contributed by atoms with E-state index in [1.165, 1.54) is 4.90 Å². The van der Waals surface area contributed by atoms with Gasteiger partial charge in [-0.05, 0) is 30.1 Å². The van der Waals surface area contributed by atoms with E-state index in [-0.39, 0.29) is 11.8 Å². The molecule has 1 heterocycles. The van der Waals surface area contributed by atoms with E-state index in [9.17, 15) is 14.7 Å². The highest BCUT2D eigenvalue weighted by Crippen LogP contribution is 2.35. The summed E-state index contributed by atoms with van der Waals surface area (Å²) < 4.78 is 0.292. The van der Waals surface area contributed by atoms with Crippen LogP contribution in [0.3, 0.4) is 0 Å². The molecule has 1 aromatic rings. The van der Waals surface area contributed by atoms with Crippen LogP contribution in [0.1, 0.15) is 26.3 Å². The second kappa shape index (κ2) is 7.77. The number of carboxylic acid groups (broad SMARTS) is 1. The maximum absolute atomic E-state index is 12.6. The van der Waals surface area contributed by atoms with Gasteiger partial charge in [-0.1, -0.05) is 74.2 Å². The van der Waals surface area contributed by atoms with Crippen LogP contribution in [0.15, 0.2) is 46.9 Å². The van der Waals surface area contributed by atoms with Crippen molar-refractivity contribution in [2.75, 3.05) is 0 Å². The molecule has 1 N–H and O–H groups in total. The summed E-state index contributed by atoms with van der Waals surface area (Å²) in [5, 5.41) is 9.41. The Kier molecular flexibility index (Phi) is 5.96. The zero-order chi connectivity index (χ0) is 17.9. The molecule has 1 amide bonds. The zero-order valence-corrected chi connectivity index (χ0v) is 15.4. The van der Waals surface area contributed by atoms with Crippen molar-refractivity contribution in [3.05, 3.63) is 52.4 Å². The van der Waals surface area contributed by atoms with E-state index in [0.29, 0.717) is 9.23 Å². The van der Waals surface area contributed by atoms with Gasteiger partial charge < -0.3 is 5.11 Å². The number of thioether (sulfide) groups is 1. The number of carboxylic acids is 1. The predicted octanol–water partition coefficient (Wildman–Crippen LogP) is 3.94. The fourth-order valence-electron chi connectivity index (χ4n) is 2.47. The van der Waals surface area contributed by atoms with Crippen LogP contribution in [0.5, 0.6) is 0 Å². The van der Waals surface area contributed by atoms with Gasteiger partial charge in [0.2, 0.25) is 0 Å². The first-order valence-corrected chi connectivity index (χ1v) is 8.77. The molecule has 0 spiro atoms. The van der Waals surface area contributed by atoms with Crippen LogP contribution in [-0.2, 0) is 9.59 Å². The van der Waals surface area contributed by atoms with Gasteiger partial charge in [0.1, 0.15) is 10.4 Å². The van der Waals surface area contributed by atoms with E-state index in [4.69, 9.17) is 12.2 Å². The molecule has 126 valence electrons. The lowest BCUT2D eigenvalue weighted by molar-refractivity contribution is -0.146. The Morgan fingerprint density at radius 3 is 2.46 bits per heavy atom. The molecule has 1 aliphatic rings. The number of hydrogen-bond acceptors (Lipinski definition) is 4. The second-order valence-electron chi connectivity index (χ2n) is 5.88. The summed E-state index contributed by atoms with van der Waals surface area (Å²) in [5.74, 6) is -1.61. The van der Waals surface area contributed by atoms with Gasteiger partial charge in [0.05, 0.1) is 4.91 Å². The van der Waals surface area contributed by atoms with E-state index < -0.39 is 12.0 Å². The summed E-state index contributed by atoms with van der Waals surface area (Å²) in [5.41, 5.74) is 1.94. The number of benzene rings is 1. The third-order valence-electron chi connectivity index (χ3n) is 3.54. The van der Waals surface area contributed by atoms with Gasteiger partial charge in [0, 0.05) is 0 Å². The zero-order valence-electron chi connectivity index (χ0n) is 13.7. The Hall–Kier alpha value is -1.92. The minimum absolute atomic E-state index is 0.231. The van der Waals surface area contributed by atoms with Crippen molar-refractivity contribution in [3.63, 3.8) is 0 Å². The number of carbonyl (C=O) groups excluding carboxylic acids is 1. The Morgan fingerprint density at radius 2 is 1.92 bits per heavy atom. The van der Waals surface area contributed by atoms with Crippen LogP contribution in [0, 0.1) is 5.92 Å². The predicted molar refractivity (Wildman–Crippen MR) is 101 cm³/mol. The van der Waals surface area contributed by atoms with Gasteiger partial charge in [-0.25, -0.2) is 4.79 Å². The molecule has 6 heteroatoms. The number of aliphatic carboxylic acids is 1. The smallest absolute Gasteiger partial charge is 0.327 e. The largest absolute Gasteiger partial charge is 0.480 e. The molecule has 0 bridgehead atoms. The molecule has 24 heavy (non-hydrogen) atoms. The van der Waals surface area contributed by atoms with E-state index in [1.807, 2.05) is 43.3 Å². The second-order valence-corrected chi connectivity index (χ2v) is 7.55. The highest BCUT2D eigenvalue weighted by Gasteiger charge is 2.41. The third-order valence-corrected chi connectivity index (χ3v) is 4.87. The van der Waals surface area contributed by atoms with E-state index in [1.54, 1.807) is 19.9 Å². The average Bonchev–Trinajstić information content (AvgIpc) is 2.75. The van der Waals surface area contributed by atoms with Gasteiger partial charge in [0.25, 0.3) is 5.91 Å². The molecule has 0 saturated carbocycles. The van der Waals surface area contributed by atoms with Crippen molar-refractivity contribution in [3.8, 4) is 0 Å². The fourth-order valence-corrected chi connectivity index (χ4v) is 3.85. The van der Waals surface area contributed by atoms with Crippen LogP contribution >= 0.6 is 24.0 Å². The van der Waals surface area contributed by atoms with Crippen LogP contribution in [0.25, 0.3) is 6.08 Å². The Bertz CT molecular complexity index is 723. The summed E-state index contributed by atoms with van der Waals surface area (Å²) in [4.78, 5) is 25.8. The van der Waals surface area contributed by atoms with Crippen molar-refractivity contribution in [2.45, 2.75) is 26.8 Å². The molecule has 0 unspecified atom stereocenters. The summed E-state index contributed by atoms with van der Waals surface area (Å²) in [7, 11) is 0. The topological polar surface area (TPSA) is 57.6 Å². The van der Waals surface area contributed by atoms with E-state index in [0.717, 1.165) is 22.9 Å². The summed E-state index contributed by atoms with van der Waals surface area (Å²) in [6.07, 6.45) is 3.72. The molecular formula is C18H19NO3S2. The maximum Gasteiger partial charge on any atom is 0.327 e. The van der Waals surface area contributed by atoms with Gasteiger partial charge in [-0.15, -0.1) is 0 Å². The first kappa shape index (κ1) is 18.4. The molecule has 0 aromatic heterocycles. The number of rotatable bonds is 5. The molecule has 4 nitrogen and oxygen atoms in total. The molecule has 0 radical (unpaired) electrons. The molecule has 1 aromatic carbocycles. The van der Waals surface area contributed by atoms with Gasteiger partial charge in [-0.2, -0.15) is 0 Å². The summed E-state index contributed by atoms with van der Waals surface area (Å²) in [6, 6.07) is 8.83. The molecular weight excluding hydrogens is 342 g/mol. The highest BCUT2D eigenvalue weighted by molar-refractivity contribution is 8.26. The Labute approximate surface area is 151 Å². The first-order valence-electron chi connectivity index (χ1n) is 7.54. The quantitative estimate of drug-likeness (QED) is 0.636. The van der Waals surface area contributed by atoms with Crippen LogP contribution in [0.4, 0.5) is 0 Å². The molecule has 1 aliphatic heterocycles. The number of nitrogens with zero attached hydrogens (tertiary/aromatic N) is 1. The van der Waals surface area contributed by atoms with Gasteiger partial charge >= 0.3 is 5.97 Å². The van der Waals surface area contributed by atoms with Gasteiger partial charge in [-0.3, -0.25) is 9.69 Å². The molecule has 1 atom stereocenters. The summed E-state index contributed by atoms with van der Waals surface area (Å²) >= 11 is 6.38. The lowest BCUT2D eigenvalue weighted by atomic mass is 10.0. The lowest BCUT2D eigenvalue weighted by Crippen LogP contribution is -2.47. The normalized spacial score (nSPS) is 18.6. The fraction of sp³-hybridized carbons (Fsp3) is 0.278. The minimum Gasteiger partial charge on any atom is -0.480 e. The number of thiocarbonyl (C=S) groups is 1. The van der Waals surface area contributed by atoms with Crippen molar-refractivity contribution in [1.29, 1.82) is 0 Å². The SMILES string of the molecule is CC(=Cc1ccccc1)C=C1SC(=S)N([C@H](C(=O)O)C(C)C)C1=O. The number of amides is 1. The molecule has 1 fully saturated rings. The number of allylic oxidation sites excluding steroid dienone is 2. The Balaban J connectivity index is 2.28. The monoisotopic (exact) mass is 361 g/mol. The Morgan fingerprint density at radius 1 is 1.29 bits per heavy atom. The van der Waals surface area contributed by atoms with Crippen molar-refractivity contribution in [2.24, 2.45) is 5.92 Å². The molecule has 0 aliphatic carbocycles. The van der Waals surface area contributed by atoms with Crippen LogP contribution in [-0.4, -0.2) is 32.2 Å². The highest BCUT2D eigenvalue weighted by atomic mass is 32.2. The first-order chi connectivity index (χ1) is 11.3. The summed E-state index contributed by atoms with van der Waals surface area (Å²) in [6.45, 7) is 5.43. The van der Waals surface area contributed by atoms with Gasteiger partial charge in [0.15, 0.2) is 0 Å². The van der Waals surface area contributed by atoms with Crippen molar-refractivity contribution in [1.82, 2.24) is 4.90 Å². The van der Waals surface area contributed by atoms with E-state index >= 15 is 0 Å². The van der Waals surface area contributed by atoms with Crippen LogP contribution < -0.4 is 0 Å². The van der Waals surface area contributed by atoms with Crippen LogP contribution in [0.2, 0.25) is 0 Å². The van der Waals surface area contributed by atoms with E-state index in [2.05, 4.69) is 0 Å². The standard InChI is InChI=1S/C18H19NO3S2/c1-11(2)15(17(21)22)19-16(20)14(24-18(19)23)10-12(3)9-13-7-5-4-6-8-13/h4-11,15H,1-3H3,(H,21,22)/t15-/m0/s1. The number of hydrogen-bond donors (Lipinski definition) is 1. The lowest BCUT2D eigenvalue weighted by Gasteiger charge is -2.26. The number of carbonyl (C=O) groups is 2. The molecule has 1 saturated heterocycles. The third kappa shape index (κ3) is 4.13. The average molecular weight is 361 g/mol. The minimum atomic E-state index is -1.04. The molecule has 2 rings (SSSR count). The van der Waals surface area contributed by atoms with Crippen molar-refractivity contribution >= 4 is 46.3 Å². The maximum atomic E-state index is 12.6.